The second-order valence-electron chi connectivity index (χ2n) is 5.94. The number of amides is 2. The fourth-order valence-electron chi connectivity index (χ4n) is 2.91. The minimum Gasteiger partial charge on any atom is -0.350 e. The Hall–Kier alpha value is -2.67. The van der Waals surface area contributed by atoms with Crippen LogP contribution in [0.5, 0.6) is 0 Å². The van der Waals surface area contributed by atoms with E-state index in [4.69, 9.17) is 23.2 Å². The molecule has 0 bridgehead atoms. The van der Waals surface area contributed by atoms with Gasteiger partial charge < -0.3 is 5.32 Å². The summed E-state index contributed by atoms with van der Waals surface area (Å²) < 4.78 is 13.6. The normalized spacial score (nSPS) is 14.2. The van der Waals surface area contributed by atoms with Gasteiger partial charge in [0.1, 0.15) is 11.5 Å². The molecule has 1 aromatic heterocycles. The van der Waals surface area contributed by atoms with Crippen LogP contribution in [-0.4, -0.2) is 11.8 Å². The van der Waals surface area contributed by atoms with Gasteiger partial charge in [0, 0.05) is 20.6 Å². The van der Waals surface area contributed by atoms with Crippen LogP contribution in [0.3, 0.4) is 0 Å². The maximum absolute atomic E-state index is 13.6. The summed E-state index contributed by atoms with van der Waals surface area (Å²) in [5.41, 5.74) is 0.892. The molecule has 0 spiro atoms. The topological polar surface area (TPSA) is 49.4 Å². The number of rotatable bonds is 4. The SMILES string of the molecule is O=C1C(Nc2cccc(F)c2)=C(c2cccs2)C(=O)N1c1cc(Cl)cc(Cl)c1. The fraction of sp³-hybridized carbons (Fsp3) is 0. The number of nitrogens with zero attached hydrogens (tertiary/aromatic N) is 1. The minimum absolute atomic E-state index is 0.0640. The van der Waals surface area contributed by atoms with Gasteiger partial charge in [-0.05, 0) is 47.8 Å². The molecule has 1 aliphatic heterocycles. The summed E-state index contributed by atoms with van der Waals surface area (Å²) >= 11 is 13.4. The van der Waals surface area contributed by atoms with Crippen molar-refractivity contribution in [2.24, 2.45) is 0 Å². The molecule has 0 fully saturated rings. The Balaban J connectivity index is 1.82. The first-order valence-electron chi connectivity index (χ1n) is 8.09. The molecule has 4 rings (SSSR count). The van der Waals surface area contributed by atoms with Crippen molar-refractivity contribution in [3.8, 4) is 0 Å². The highest BCUT2D eigenvalue weighted by molar-refractivity contribution is 7.11. The highest BCUT2D eigenvalue weighted by atomic mass is 35.5. The Morgan fingerprint density at radius 2 is 1.68 bits per heavy atom. The molecule has 8 heteroatoms. The molecule has 0 saturated carbocycles. The summed E-state index contributed by atoms with van der Waals surface area (Å²) in [6.07, 6.45) is 0. The van der Waals surface area contributed by atoms with Crippen molar-refractivity contribution < 1.29 is 14.0 Å². The molecule has 3 aromatic rings. The summed E-state index contributed by atoms with van der Waals surface area (Å²) in [4.78, 5) is 27.9. The van der Waals surface area contributed by atoms with Gasteiger partial charge >= 0.3 is 0 Å². The van der Waals surface area contributed by atoms with Crippen LogP contribution in [0.4, 0.5) is 15.8 Å². The molecule has 2 amide bonds. The molecule has 2 aromatic carbocycles. The van der Waals surface area contributed by atoms with Crippen LogP contribution >= 0.6 is 34.5 Å². The van der Waals surface area contributed by atoms with Gasteiger partial charge in [0.25, 0.3) is 11.8 Å². The Morgan fingerprint density at radius 3 is 2.32 bits per heavy atom. The quantitative estimate of drug-likeness (QED) is 0.546. The Labute approximate surface area is 173 Å². The number of carbonyl (C=O) groups excluding carboxylic acids is 2. The first-order valence-corrected chi connectivity index (χ1v) is 9.73. The molecule has 0 aliphatic carbocycles. The molecule has 0 saturated heterocycles. The zero-order valence-electron chi connectivity index (χ0n) is 14.1. The number of benzene rings is 2. The molecule has 1 N–H and O–H groups in total. The number of nitrogens with one attached hydrogen (secondary N) is 1. The van der Waals surface area contributed by atoms with Gasteiger partial charge in [-0.1, -0.05) is 35.3 Å². The van der Waals surface area contributed by atoms with E-state index in [1.807, 2.05) is 0 Å². The van der Waals surface area contributed by atoms with Gasteiger partial charge in [-0.15, -0.1) is 11.3 Å². The van der Waals surface area contributed by atoms with Gasteiger partial charge in [-0.2, -0.15) is 0 Å². The number of halogens is 3. The van der Waals surface area contributed by atoms with Crippen LogP contribution in [-0.2, 0) is 9.59 Å². The molecule has 4 nitrogen and oxygen atoms in total. The van der Waals surface area contributed by atoms with Crippen LogP contribution in [0.15, 0.2) is 65.7 Å². The third-order valence-electron chi connectivity index (χ3n) is 4.05. The van der Waals surface area contributed by atoms with Crippen LogP contribution in [0.25, 0.3) is 5.57 Å². The number of thiophene rings is 1. The van der Waals surface area contributed by atoms with Crippen molar-refractivity contribution in [3.05, 3.63) is 86.4 Å². The van der Waals surface area contributed by atoms with Gasteiger partial charge in [-0.25, -0.2) is 9.29 Å². The highest BCUT2D eigenvalue weighted by Crippen LogP contribution is 2.37. The van der Waals surface area contributed by atoms with Crippen LogP contribution < -0.4 is 10.2 Å². The maximum Gasteiger partial charge on any atom is 0.282 e. The lowest BCUT2D eigenvalue weighted by atomic mass is 10.2. The molecular formula is C20H11Cl2FN2O2S. The summed E-state index contributed by atoms with van der Waals surface area (Å²) in [5.74, 6) is -1.54. The number of hydrogen-bond donors (Lipinski definition) is 1. The van der Waals surface area contributed by atoms with Crippen molar-refractivity contribution in [1.82, 2.24) is 0 Å². The summed E-state index contributed by atoms with van der Waals surface area (Å²) in [6.45, 7) is 0. The predicted molar refractivity (Wildman–Crippen MR) is 110 cm³/mol. The fourth-order valence-corrected chi connectivity index (χ4v) is 4.19. The van der Waals surface area contributed by atoms with E-state index >= 15 is 0 Å². The number of anilines is 2. The average Bonchev–Trinajstić information content (AvgIpc) is 3.21. The van der Waals surface area contributed by atoms with Crippen molar-refractivity contribution in [1.29, 1.82) is 0 Å². The zero-order chi connectivity index (χ0) is 19.8. The van der Waals surface area contributed by atoms with E-state index in [-0.39, 0.29) is 17.0 Å². The largest absolute Gasteiger partial charge is 0.350 e. The zero-order valence-corrected chi connectivity index (χ0v) is 16.4. The van der Waals surface area contributed by atoms with Crippen LogP contribution in [0, 0.1) is 5.82 Å². The monoisotopic (exact) mass is 432 g/mol. The van der Waals surface area contributed by atoms with Crippen molar-refractivity contribution >= 4 is 63.3 Å². The predicted octanol–water partition coefficient (Wildman–Crippen LogP) is 5.59. The first-order chi connectivity index (χ1) is 13.4. The number of carbonyl (C=O) groups is 2. The lowest BCUT2D eigenvalue weighted by Crippen LogP contribution is -2.32. The van der Waals surface area contributed by atoms with E-state index in [0.29, 0.717) is 20.6 Å². The second kappa shape index (κ2) is 7.39. The van der Waals surface area contributed by atoms with E-state index in [9.17, 15) is 14.0 Å². The van der Waals surface area contributed by atoms with Gasteiger partial charge in [0.2, 0.25) is 0 Å². The van der Waals surface area contributed by atoms with E-state index in [2.05, 4.69) is 5.32 Å². The molecule has 28 heavy (non-hydrogen) atoms. The lowest BCUT2D eigenvalue weighted by molar-refractivity contribution is -0.120. The van der Waals surface area contributed by atoms with Crippen LogP contribution in [0.1, 0.15) is 4.88 Å². The van der Waals surface area contributed by atoms with Gasteiger partial charge in [0.15, 0.2) is 0 Å². The number of imide groups is 1. The summed E-state index contributed by atoms with van der Waals surface area (Å²) in [6, 6.07) is 13.7. The summed E-state index contributed by atoms with van der Waals surface area (Å²) in [7, 11) is 0. The van der Waals surface area contributed by atoms with Crippen molar-refractivity contribution in [2.75, 3.05) is 10.2 Å². The Kier molecular flexibility index (Phi) is 4.93. The number of hydrogen-bond acceptors (Lipinski definition) is 4. The van der Waals surface area contributed by atoms with Gasteiger partial charge in [-0.3, -0.25) is 9.59 Å². The van der Waals surface area contributed by atoms with E-state index in [0.717, 1.165) is 4.90 Å². The van der Waals surface area contributed by atoms with E-state index in [1.54, 1.807) is 23.6 Å². The van der Waals surface area contributed by atoms with E-state index in [1.165, 1.54) is 47.7 Å². The summed E-state index contributed by atoms with van der Waals surface area (Å²) in [5, 5.41) is 5.30. The molecule has 0 unspecified atom stereocenters. The second-order valence-corrected chi connectivity index (χ2v) is 7.76. The molecule has 140 valence electrons. The highest BCUT2D eigenvalue weighted by Gasteiger charge is 2.41. The average molecular weight is 433 g/mol. The van der Waals surface area contributed by atoms with Crippen molar-refractivity contribution in [2.45, 2.75) is 0 Å². The maximum atomic E-state index is 13.6. The third-order valence-corrected chi connectivity index (χ3v) is 5.37. The van der Waals surface area contributed by atoms with Gasteiger partial charge in [0.05, 0.1) is 11.3 Å². The molecular weight excluding hydrogens is 422 g/mol. The first kappa shape index (κ1) is 18.7. The third kappa shape index (κ3) is 3.42. The van der Waals surface area contributed by atoms with Crippen molar-refractivity contribution in [3.63, 3.8) is 0 Å². The Bertz CT molecular complexity index is 1110. The van der Waals surface area contributed by atoms with E-state index < -0.39 is 17.6 Å². The molecule has 0 atom stereocenters. The standard InChI is InChI=1S/C20H11Cl2FN2O2S/c21-11-7-12(22)9-15(8-11)25-19(26)17(16-5-2-6-28-16)18(20(25)27)24-14-4-1-3-13(23)10-14/h1-10,24H. The molecule has 2 heterocycles. The minimum atomic E-state index is -0.573. The smallest absolute Gasteiger partial charge is 0.282 e. The van der Waals surface area contributed by atoms with Crippen LogP contribution in [0.2, 0.25) is 10.0 Å². The Morgan fingerprint density at radius 1 is 0.929 bits per heavy atom. The molecule has 1 aliphatic rings. The lowest BCUT2D eigenvalue weighted by Gasteiger charge is -2.16. The molecule has 0 radical (unpaired) electrons.